The maximum Gasteiger partial charge on any atom is 0.262 e. The zero-order chi connectivity index (χ0) is 19.7. The van der Waals surface area contributed by atoms with Crippen LogP contribution in [0, 0.1) is 11.3 Å². The number of carbonyl (C=O) groups excluding carboxylic acids is 1. The lowest BCUT2D eigenvalue weighted by Gasteiger charge is -2.22. The zero-order valence-electron chi connectivity index (χ0n) is 14.8. The number of nitrogens with one attached hydrogen (secondary N) is 1. The van der Waals surface area contributed by atoms with E-state index < -0.39 is 6.10 Å². The van der Waals surface area contributed by atoms with Crippen molar-refractivity contribution in [2.45, 2.75) is 13.0 Å². The predicted molar refractivity (Wildman–Crippen MR) is 105 cm³/mol. The van der Waals surface area contributed by atoms with Gasteiger partial charge in [-0.3, -0.25) is 4.79 Å². The number of benzene rings is 2. The SMILES string of the molecule is CC(Oc1cccc2c1NC(=O)CO2)/C(O)=C(\C#N)c1nc2ccccc2s1. The van der Waals surface area contributed by atoms with Crippen molar-refractivity contribution in [3.63, 3.8) is 0 Å². The quantitative estimate of drug-likeness (QED) is 0.515. The summed E-state index contributed by atoms with van der Waals surface area (Å²) >= 11 is 1.32. The molecule has 3 aromatic rings. The van der Waals surface area contributed by atoms with Gasteiger partial charge in [-0.1, -0.05) is 18.2 Å². The van der Waals surface area contributed by atoms with Crippen molar-refractivity contribution in [3.05, 3.63) is 53.2 Å². The fourth-order valence-corrected chi connectivity index (χ4v) is 3.78. The molecule has 1 aliphatic rings. The van der Waals surface area contributed by atoms with Gasteiger partial charge in [0.05, 0.1) is 10.2 Å². The highest BCUT2D eigenvalue weighted by atomic mass is 32.1. The molecule has 1 aliphatic heterocycles. The van der Waals surface area contributed by atoms with Crippen LogP contribution in [0.1, 0.15) is 11.9 Å². The summed E-state index contributed by atoms with van der Waals surface area (Å²) < 4.78 is 12.1. The van der Waals surface area contributed by atoms with Gasteiger partial charge in [-0.2, -0.15) is 5.26 Å². The molecule has 7 nitrogen and oxygen atoms in total. The van der Waals surface area contributed by atoms with Gasteiger partial charge in [0, 0.05) is 0 Å². The maximum atomic E-state index is 11.6. The number of amides is 1. The first-order chi connectivity index (χ1) is 13.6. The third-order valence-corrected chi connectivity index (χ3v) is 5.23. The van der Waals surface area contributed by atoms with Gasteiger partial charge in [0.1, 0.15) is 33.8 Å². The Bertz CT molecular complexity index is 1110. The van der Waals surface area contributed by atoms with Gasteiger partial charge in [-0.15, -0.1) is 11.3 Å². The summed E-state index contributed by atoms with van der Waals surface area (Å²) in [6, 6.07) is 14.6. The molecule has 1 unspecified atom stereocenters. The van der Waals surface area contributed by atoms with Crippen LogP contribution in [-0.4, -0.2) is 28.7 Å². The second-order valence-corrected chi connectivity index (χ2v) is 7.12. The first-order valence-corrected chi connectivity index (χ1v) is 9.30. The first-order valence-electron chi connectivity index (χ1n) is 8.48. The minimum absolute atomic E-state index is 0.0544. The molecule has 1 amide bonds. The molecule has 0 aliphatic carbocycles. The van der Waals surface area contributed by atoms with Crippen LogP contribution < -0.4 is 14.8 Å². The molecule has 0 bridgehead atoms. The van der Waals surface area contributed by atoms with Gasteiger partial charge in [0.25, 0.3) is 5.91 Å². The summed E-state index contributed by atoms with van der Waals surface area (Å²) in [5.74, 6) is 0.302. The van der Waals surface area contributed by atoms with Crippen molar-refractivity contribution in [2.24, 2.45) is 0 Å². The summed E-state index contributed by atoms with van der Waals surface area (Å²) in [4.78, 5) is 16.0. The number of fused-ring (bicyclic) bond motifs is 2. The Morgan fingerprint density at radius 1 is 1.36 bits per heavy atom. The van der Waals surface area contributed by atoms with E-state index >= 15 is 0 Å². The number of thiazole rings is 1. The molecule has 0 fully saturated rings. The standard InChI is InChI=1S/C20H15N3O4S/c1-11(27-15-7-4-6-14-18(15)23-17(24)10-26-14)19(25)12(9-21)20-22-13-5-2-3-8-16(13)28-20/h2-8,11,25H,10H2,1H3,(H,23,24)/b19-12-. The molecule has 0 saturated heterocycles. The summed E-state index contributed by atoms with van der Waals surface area (Å²) in [6.45, 7) is 1.55. The van der Waals surface area contributed by atoms with Crippen LogP contribution in [0.4, 0.5) is 5.69 Å². The Morgan fingerprint density at radius 2 is 2.18 bits per heavy atom. The number of rotatable bonds is 4. The molecular weight excluding hydrogens is 378 g/mol. The smallest absolute Gasteiger partial charge is 0.262 e. The monoisotopic (exact) mass is 393 g/mol. The minimum atomic E-state index is -0.841. The Kier molecular flexibility index (Phi) is 4.59. The van der Waals surface area contributed by atoms with Crippen LogP contribution in [-0.2, 0) is 4.79 Å². The summed E-state index contributed by atoms with van der Waals surface area (Å²) in [5.41, 5.74) is 1.21. The van der Waals surface area contributed by atoms with Crippen LogP contribution in [0.5, 0.6) is 11.5 Å². The van der Waals surface area contributed by atoms with Crippen LogP contribution in [0.3, 0.4) is 0 Å². The summed E-state index contributed by atoms with van der Waals surface area (Å²) in [5, 5.41) is 23.4. The second-order valence-electron chi connectivity index (χ2n) is 6.09. The first kappa shape index (κ1) is 17.8. The van der Waals surface area contributed by atoms with Gasteiger partial charge in [0.2, 0.25) is 0 Å². The average molecular weight is 393 g/mol. The van der Waals surface area contributed by atoms with Crippen LogP contribution >= 0.6 is 11.3 Å². The van der Waals surface area contributed by atoms with E-state index in [9.17, 15) is 15.2 Å². The lowest BCUT2D eigenvalue weighted by atomic mass is 10.2. The number of carbonyl (C=O) groups is 1. The minimum Gasteiger partial charge on any atom is -0.507 e. The molecular formula is C20H15N3O4S. The Labute approximate surface area is 164 Å². The number of nitriles is 1. The Balaban J connectivity index is 1.66. The Hall–Kier alpha value is -3.57. The summed E-state index contributed by atoms with van der Waals surface area (Å²) in [7, 11) is 0. The number of hydrogen-bond acceptors (Lipinski definition) is 7. The van der Waals surface area contributed by atoms with Crippen molar-refractivity contribution in [2.75, 3.05) is 11.9 Å². The van der Waals surface area contributed by atoms with E-state index in [-0.39, 0.29) is 23.8 Å². The molecule has 0 radical (unpaired) electrons. The molecule has 2 heterocycles. The molecule has 0 saturated carbocycles. The number of allylic oxidation sites excluding steroid dienone is 1. The zero-order valence-corrected chi connectivity index (χ0v) is 15.6. The number of nitrogens with zero attached hydrogens (tertiary/aromatic N) is 2. The number of aliphatic hydroxyl groups is 1. The number of anilines is 1. The summed E-state index contributed by atoms with van der Waals surface area (Å²) in [6.07, 6.45) is -0.841. The highest BCUT2D eigenvalue weighted by molar-refractivity contribution is 7.19. The number of hydrogen-bond donors (Lipinski definition) is 2. The van der Waals surface area contributed by atoms with E-state index in [1.54, 1.807) is 25.1 Å². The third-order valence-electron chi connectivity index (χ3n) is 4.18. The van der Waals surface area contributed by atoms with Gasteiger partial charge < -0.3 is 19.9 Å². The number of ether oxygens (including phenoxy) is 2. The van der Waals surface area contributed by atoms with Crippen molar-refractivity contribution < 1.29 is 19.4 Å². The molecule has 0 spiro atoms. The largest absolute Gasteiger partial charge is 0.507 e. The van der Waals surface area contributed by atoms with E-state index in [4.69, 9.17) is 9.47 Å². The molecule has 4 rings (SSSR count). The van der Waals surface area contributed by atoms with Gasteiger partial charge in [0.15, 0.2) is 18.5 Å². The van der Waals surface area contributed by atoms with Crippen LogP contribution in [0.25, 0.3) is 15.8 Å². The highest BCUT2D eigenvalue weighted by Crippen LogP contribution is 2.38. The molecule has 2 aromatic carbocycles. The molecule has 2 N–H and O–H groups in total. The molecule has 1 aromatic heterocycles. The average Bonchev–Trinajstić information content (AvgIpc) is 3.12. The van der Waals surface area contributed by atoms with Gasteiger partial charge >= 0.3 is 0 Å². The van der Waals surface area contributed by atoms with E-state index in [1.165, 1.54) is 11.3 Å². The van der Waals surface area contributed by atoms with E-state index in [2.05, 4.69) is 10.3 Å². The molecule has 28 heavy (non-hydrogen) atoms. The van der Waals surface area contributed by atoms with E-state index in [1.807, 2.05) is 30.3 Å². The van der Waals surface area contributed by atoms with Gasteiger partial charge in [-0.05, 0) is 31.2 Å². The maximum absolute atomic E-state index is 11.6. The second kappa shape index (κ2) is 7.21. The number of para-hydroxylation sites is 2. The van der Waals surface area contributed by atoms with Crippen LogP contribution in [0.2, 0.25) is 0 Å². The van der Waals surface area contributed by atoms with E-state index in [0.717, 1.165) is 10.2 Å². The molecule has 140 valence electrons. The lowest BCUT2D eigenvalue weighted by molar-refractivity contribution is -0.118. The van der Waals surface area contributed by atoms with Crippen LogP contribution in [0.15, 0.2) is 48.2 Å². The number of aliphatic hydroxyl groups excluding tert-OH is 1. The topological polar surface area (TPSA) is 104 Å². The fourth-order valence-electron chi connectivity index (χ4n) is 2.81. The molecule has 8 heteroatoms. The highest BCUT2D eigenvalue weighted by Gasteiger charge is 2.24. The van der Waals surface area contributed by atoms with E-state index in [0.29, 0.717) is 22.2 Å². The van der Waals surface area contributed by atoms with Crippen molar-refractivity contribution >= 4 is 38.7 Å². The fraction of sp³-hybridized carbons (Fsp3) is 0.150. The van der Waals surface area contributed by atoms with Crippen molar-refractivity contribution in [1.29, 1.82) is 5.26 Å². The third kappa shape index (κ3) is 3.23. The molecule has 1 atom stereocenters. The normalized spacial score (nSPS) is 14.9. The van der Waals surface area contributed by atoms with Crippen molar-refractivity contribution in [1.82, 2.24) is 4.98 Å². The number of aromatic nitrogens is 1. The Morgan fingerprint density at radius 3 is 2.96 bits per heavy atom. The van der Waals surface area contributed by atoms with Gasteiger partial charge in [-0.25, -0.2) is 4.98 Å². The predicted octanol–water partition coefficient (Wildman–Crippen LogP) is 3.89. The lowest BCUT2D eigenvalue weighted by Crippen LogP contribution is -2.26. The van der Waals surface area contributed by atoms with Crippen molar-refractivity contribution in [3.8, 4) is 17.6 Å².